The van der Waals surface area contributed by atoms with Crippen molar-refractivity contribution in [3.8, 4) is 0 Å². The number of halogens is 1. The number of nitrogens with one attached hydrogen (secondary N) is 1. The molecule has 5 nitrogen and oxygen atoms in total. The van der Waals surface area contributed by atoms with Crippen molar-refractivity contribution < 1.29 is 9.53 Å². The van der Waals surface area contributed by atoms with Crippen molar-refractivity contribution >= 4 is 21.9 Å². The van der Waals surface area contributed by atoms with Crippen LogP contribution in [0.15, 0.2) is 0 Å². The molecule has 0 amide bonds. The summed E-state index contributed by atoms with van der Waals surface area (Å²) in [5, 5.41) is 3.10. The van der Waals surface area contributed by atoms with Crippen molar-refractivity contribution in [2.75, 3.05) is 53.0 Å². The number of hydrogen-bond donors (Lipinski definition) is 1. The highest BCUT2D eigenvalue weighted by atomic mass is 79.9. The fourth-order valence-electron chi connectivity index (χ4n) is 3.71. The van der Waals surface area contributed by atoms with Gasteiger partial charge in [0.15, 0.2) is 0 Å². The van der Waals surface area contributed by atoms with Gasteiger partial charge in [0.05, 0.1) is 6.67 Å². The summed E-state index contributed by atoms with van der Waals surface area (Å²) in [4.78, 5) is 17.2. The number of nitrogens with zero attached hydrogens (tertiary/aromatic N) is 2. The lowest BCUT2D eigenvalue weighted by atomic mass is 10.1. The summed E-state index contributed by atoms with van der Waals surface area (Å²) in [6.45, 7) is 8.69. The van der Waals surface area contributed by atoms with Gasteiger partial charge in [-0.25, -0.2) is 0 Å². The summed E-state index contributed by atoms with van der Waals surface area (Å²) in [6.07, 6.45) is 7.38. The Hall–Kier alpha value is -0.170. The molecule has 1 aliphatic heterocycles. The molecular formula is C18H34BrN3O2. The number of hydrogen-bond acceptors (Lipinski definition) is 5. The maximum atomic E-state index is 12.2. The third kappa shape index (κ3) is 6.62. The average molecular weight is 404 g/mol. The highest BCUT2D eigenvalue weighted by Crippen LogP contribution is 2.26. The number of carbonyl (C=O) groups is 1. The van der Waals surface area contributed by atoms with Gasteiger partial charge in [0, 0.05) is 26.2 Å². The minimum atomic E-state index is -0.566. The van der Waals surface area contributed by atoms with Crippen LogP contribution in [0, 0.1) is 5.92 Å². The van der Waals surface area contributed by atoms with E-state index >= 15 is 0 Å². The number of carbonyl (C=O) groups excluding carboxylic acids is 1. The zero-order valence-electron chi connectivity index (χ0n) is 15.4. The normalized spacial score (nSPS) is 22.8. The van der Waals surface area contributed by atoms with Gasteiger partial charge in [-0.1, -0.05) is 28.8 Å². The smallest absolute Gasteiger partial charge is 0.322 e. The first-order valence-electron chi connectivity index (χ1n) is 9.47. The van der Waals surface area contributed by atoms with E-state index in [2.05, 4.69) is 31.0 Å². The highest BCUT2D eigenvalue weighted by molar-refractivity contribution is 9.10. The third-order valence-corrected chi connectivity index (χ3v) is 5.98. The lowest BCUT2D eigenvalue weighted by Gasteiger charge is -2.23. The number of esters is 1. The molecule has 1 atom stereocenters. The summed E-state index contributed by atoms with van der Waals surface area (Å²) in [7, 11) is 1.93. The van der Waals surface area contributed by atoms with Crippen LogP contribution >= 0.6 is 15.9 Å². The van der Waals surface area contributed by atoms with Gasteiger partial charge >= 0.3 is 5.97 Å². The van der Waals surface area contributed by atoms with Gasteiger partial charge in [-0.2, -0.15) is 0 Å². The molecule has 0 aromatic carbocycles. The van der Waals surface area contributed by atoms with Crippen LogP contribution in [0.25, 0.3) is 0 Å². The molecule has 24 heavy (non-hydrogen) atoms. The molecule has 0 spiro atoms. The lowest BCUT2D eigenvalue weighted by Crippen LogP contribution is -2.35. The molecule has 1 saturated carbocycles. The van der Waals surface area contributed by atoms with E-state index in [0.29, 0.717) is 6.61 Å². The third-order valence-electron chi connectivity index (χ3n) is 5.26. The largest absolute Gasteiger partial charge is 0.463 e. The van der Waals surface area contributed by atoms with Gasteiger partial charge in [0.25, 0.3) is 0 Å². The Morgan fingerprint density at radius 1 is 1.29 bits per heavy atom. The Kier molecular flexibility index (Phi) is 8.47. The summed E-state index contributed by atoms with van der Waals surface area (Å²) in [6, 6.07) is 0. The van der Waals surface area contributed by atoms with Gasteiger partial charge in [-0.3, -0.25) is 14.6 Å². The SMILES string of the molecule is CNCCCC(C)(Br)C(=O)OCCN1CCN(CC2CCCC2)C1. The molecule has 1 N–H and O–H groups in total. The van der Waals surface area contributed by atoms with Crippen LogP contribution in [0.4, 0.5) is 0 Å². The Morgan fingerprint density at radius 2 is 2.00 bits per heavy atom. The van der Waals surface area contributed by atoms with Gasteiger partial charge in [0.2, 0.25) is 0 Å². The van der Waals surface area contributed by atoms with E-state index in [1.54, 1.807) is 0 Å². The predicted molar refractivity (Wildman–Crippen MR) is 101 cm³/mol. The minimum Gasteiger partial charge on any atom is -0.463 e. The summed E-state index contributed by atoms with van der Waals surface area (Å²) < 4.78 is 4.94. The van der Waals surface area contributed by atoms with Gasteiger partial charge < -0.3 is 10.1 Å². The Bertz CT molecular complexity index is 386. The van der Waals surface area contributed by atoms with E-state index in [0.717, 1.165) is 51.6 Å². The van der Waals surface area contributed by atoms with Crippen LogP contribution in [-0.2, 0) is 9.53 Å². The van der Waals surface area contributed by atoms with Crippen LogP contribution in [0.5, 0.6) is 0 Å². The minimum absolute atomic E-state index is 0.138. The Morgan fingerprint density at radius 3 is 2.71 bits per heavy atom. The van der Waals surface area contributed by atoms with Crippen LogP contribution in [0.2, 0.25) is 0 Å². The van der Waals surface area contributed by atoms with Crippen LogP contribution in [-0.4, -0.2) is 73.1 Å². The van der Waals surface area contributed by atoms with E-state index < -0.39 is 4.32 Å². The van der Waals surface area contributed by atoms with Gasteiger partial charge in [0.1, 0.15) is 10.9 Å². The predicted octanol–water partition coefficient (Wildman–Crippen LogP) is 2.45. The van der Waals surface area contributed by atoms with Crippen LogP contribution < -0.4 is 5.32 Å². The standard InChI is InChI=1S/C18H34BrN3O2/c1-18(19,8-5-9-20-2)17(23)24-13-12-21-10-11-22(15-21)14-16-6-3-4-7-16/h16,20H,3-15H2,1-2H3. The van der Waals surface area contributed by atoms with Gasteiger partial charge in [-0.15, -0.1) is 0 Å². The fourth-order valence-corrected chi connectivity index (χ4v) is 4.11. The second-order valence-corrected chi connectivity index (χ2v) is 9.28. The Labute approximate surface area is 155 Å². The van der Waals surface area contributed by atoms with Crippen LogP contribution in [0.1, 0.15) is 45.4 Å². The van der Waals surface area contributed by atoms with Crippen molar-refractivity contribution in [3.05, 3.63) is 0 Å². The van der Waals surface area contributed by atoms with E-state index in [1.807, 2.05) is 14.0 Å². The van der Waals surface area contributed by atoms with Crippen molar-refractivity contribution in [2.45, 2.75) is 49.8 Å². The fraction of sp³-hybridized carbons (Fsp3) is 0.944. The van der Waals surface area contributed by atoms with E-state index in [4.69, 9.17) is 4.74 Å². The molecule has 1 aliphatic carbocycles. The molecule has 1 unspecified atom stereocenters. The molecule has 2 fully saturated rings. The zero-order chi connectivity index (χ0) is 17.4. The summed E-state index contributed by atoms with van der Waals surface area (Å²) in [5.74, 6) is 0.773. The molecule has 0 radical (unpaired) electrons. The number of ether oxygens (including phenoxy) is 1. The monoisotopic (exact) mass is 403 g/mol. The quantitative estimate of drug-likeness (QED) is 0.344. The van der Waals surface area contributed by atoms with Gasteiger partial charge in [-0.05, 0) is 52.1 Å². The second-order valence-electron chi connectivity index (χ2n) is 7.53. The summed E-state index contributed by atoms with van der Waals surface area (Å²) in [5.41, 5.74) is 0. The molecule has 0 bridgehead atoms. The first-order valence-corrected chi connectivity index (χ1v) is 10.3. The van der Waals surface area contributed by atoms with Crippen molar-refractivity contribution in [1.29, 1.82) is 0 Å². The zero-order valence-corrected chi connectivity index (χ0v) is 16.9. The average Bonchev–Trinajstić information content (AvgIpc) is 3.20. The van der Waals surface area contributed by atoms with Crippen molar-refractivity contribution in [1.82, 2.24) is 15.1 Å². The maximum Gasteiger partial charge on any atom is 0.322 e. The number of rotatable bonds is 10. The topological polar surface area (TPSA) is 44.8 Å². The molecular weight excluding hydrogens is 370 g/mol. The molecule has 2 aliphatic rings. The maximum absolute atomic E-state index is 12.2. The first kappa shape index (κ1) is 20.1. The lowest BCUT2D eigenvalue weighted by molar-refractivity contribution is -0.146. The molecule has 140 valence electrons. The molecule has 2 rings (SSSR count). The first-order chi connectivity index (χ1) is 11.5. The number of alkyl halides is 1. The molecule has 6 heteroatoms. The van der Waals surface area contributed by atoms with Crippen LogP contribution in [0.3, 0.4) is 0 Å². The van der Waals surface area contributed by atoms with E-state index in [9.17, 15) is 4.79 Å². The van der Waals surface area contributed by atoms with Crippen molar-refractivity contribution in [3.63, 3.8) is 0 Å². The molecule has 0 aromatic rings. The molecule has 0 aromatic heterocycles. The van der Waals surface area contributed by atoms with E-state index in [1.165, 1.54) is 32.2 Å². The summed E-state index contributed by atoms with van der Waals surface area (Å²) >= 11 is 3.53. The van der Waals surface area contributed by atoms with E-state index in [-0.39, 0.29) is 5.97 Å². The van der Waals surface area contributed by atoms with Crippen molar-refractivity contribution in [2.24, 2.45) is 5.92 Å². The molecule has 1 saturated heterocycles. The highest BCUT2D eigenvalue weighted by Gasteiger charge is 2.31. The Balaban J connectivity index is 1.59. The second kappa shape index (κ2) is 10.1. The molecule has 1 heterocycles.